The molecule has 0 amide bonds. The van der Waals surface area contributed by atoms with E-state index in [0.717, 1.165) is 17.1 Å². The summed E-state index contributed by atoms with van der Waals surface area (Å²) in [7, 11) is 0. The Morgan fingerprint density at radius 1 is 0.273 bits per heavy atom. The van der Waals surface area contributed by atoms with E-state index in [2.05, 4.69) is 206 Å². The Bertz CT molecular complexity index is 2930. The van der Waals surface area contributed by atoms with Crippen LogP contribution in [0, 0.1) is 0 Å². The van der Waals surface area contributed by atoms with Gasteiger partial charge < -0.3 is 4.74 Å². The van der Waals surface area contributed by atoms with E-state index in [0.29, 0.717) is 0 Å². The van der Waals surface area contributed by atoms with Crippen molar-refractivity contribution < 1.29 is 4.74 Å². The highest BCUT2D eigenvalue weighted by Crippen LogP contribution is 2.63. The number of ether oxygens (including phenoxy) is 1. The fourth-order valence-corrected chi connectivity index (χ4v) is 10.4. The van der Waals surface area contributed by atoms with Crippen LogP contribution in [-0.4, -0.2) is 0 Å². The molecule has 3 aliphatic rings. The molecule has 9 aromatic rings. The number of fused-ring (bicyclic) bond motifs is 13. The van der Waals surface area contributed by atoms with Gasteiger partial charge in [-0.3, -0.25) is 0 Å². The normalized spacial score (nSPS) is 14.6. The zero-order valence-corrected chi connectivity index (χ0v) is 30.0. The highest BCUT2D eigenvalue weighted by atomic mass is 16.5. The number of hydrogen-bond acceptors (Lipinski definition) is 1. The van der Waals surface area contributed by atoms with Gasteiger partial charge in [-0.2, -0.15) is 0 Å². The van der Waals surface area contributed by atoms with Gasteiger partial charge in [0.05, 0.1) is 10.8 Å². The van der Waals surface area contributed by atoms with Crippen LogP contribution < -0.4 is 4.74 Å². The lowest BCUT2D eigenvalue weighted by molar-refractivity contribution is 0.437. The third-order valence-corrected chi connectivity index (χ3v) is 12.6. The van der Waals surface area contributed by atoms with Gasteiger partial charge in [-0.05, 0) is 108 Å². The molecular weight excluding hydrogens is 665 g/mol. The second-order valence-corrected chi connectivity index (χ2v) is 15.1. The van der Waals surface area contributed by atoms with Gasteiger partial charge in [0.15, 0.2) is 0 Å². The predicted octanol–water partition coefficient (Wildman–Crippen LogP) is 13.3. The average molecular weight is 699 g/mol. The van der Waals surface area contributed by atoms with Gasteiger partial charge in [0, 0.05) is 11.1 Å². The smallest absolute Gasteiger partial charge is 0.132 e. The lowest BCUT2D eigenvalue weighted by Crippen LogP contribution is -2.32. The molecular formula is C54H34O. The minimum absolute atomic E-state index is 0.466. The summed E-state index contributed by atoms with van der Waals surface area (Å²) in [6.07, 6.45) is 0. The number of hydrogen-bond donors (Lipinski definition) is 0. The Hall–Kier alpha value is -6.96. The molecule has 256 valence electrons. The fourth-order valence-electron chi connectivity index (χ4n) is 10.4. The zero-order valence-electron chi connectivity index (χ0n) is 30.0. The van der Waals surface area contributed by atoms with Crippen molar-refractivity contribution in [3.05, 3.63) is 251 Å². The van der Waals surface area contributed by atoms with Crippen LogP contribution in [-0.2, 0) is 10.8 Å². The van der Waals surface area contributed by atoms with Crippen molar-refractivity contribution in [2.24, 2.45) is 0 Å². The van der Waals surface area contributed by atoms with Crippen molar-refractivity contribution in [1.29, 1.82) is 0 Å². The third kappa shape index (κ3) is 3.97. The largest absolute Gasteiger partial charge is 0.457 e. The molecule has 1 heterocycles. The van der Waals surface area contributed by atoms with Crippen molar-refractivity contribution in [2.75, 3.05) is 0 Å². The first-order valence-corrected chi connectivity index (χ1v) is 19.2. The summed E-state index contributed by atoms with van der Waals surface area (Å²) >= 11 is 0. The molecule has 0 radical (unpaired) electrons. The second kappa shape index (κ2) is 11.3. The summed E-state index contributed by atoms with van der Waals surface area (Å²) in [5.41, 5.74) is 16.6. The molecule has 0 unspecified atom stereocenters. The van der Waals surface area contributed by atoms with E-state index in [1.807, 2.05) is 0 Å². The van der Waals surface area contributed by atoms with Gasteiger partial charge >= 0.3 is 0 Å². The topological polar surface area (TPSA) is 9.23 Å². The fraction of sp³-hybridized carbons (Fsp3) is 0.0370. The maximum Gasteiger partial charge on any atom is 0.132 e. The van der Waals surface area contributed by atoms with Crippen LogP contribution in [0.4, 0.5) is 0 Å². The quantitative estimate of drug-likeness (QED) is 0.178. The molecule has 12 rings (SSSR count). The van der Waals surface area contributed by atoms with E-state index in [1.54, 1.807) is 0 Å². The molecule has 0 fully saturated rings. The zero-order chi connectivity index (χ0) is 36.1. The van der Waals surface area contributed by atoms with E-state index in [1.165, 1.54) is 83.1 Å². The van der Waals surface area contributed by atoms with Crippen molar-refractivity contribution in [3.8, 4) is 44.9 Å². The lowest BCUT2D eigenvalue weighted by atomic mass is 9.65. The summed E-state index contributed by atoms with van der Waals surface area (Å²) in [6, 6.07) is 76.3. The van der Waals surface area contributed by atoms with Crippen molar-refractivity contribution in [3.63, 3.8) is 0 Å². The van der Waals surface area contributed by atoms with Gasteiger partial charge in [0.25, 0.3) is 0 Å². The highest BCUT2D eigenvalue weighted by molar-refractivity contribution is 5.93. The van der Waals surface area contributed by atoms with E-state index in [4.69, 9.17) is 4.74 Å². The molecule has 2 aliphatic carbocycles. The predicted molar refractivity (Wildman–Crippen MR) is 224 cm³/mol. The first-order valence-electron chi connectivity index (χ1n) is 19.2. The first kappa shape index (κ1) is 30.5. The Morgan fingerprint density at radius 2 is 0.745 bits per heavy atom. The Morgan fingerprint density at radius 3 is 1.36 bits per heavy atom. The number of rotatable bonds is 3. The van der Waals surface area contributed by atoms with Gasteiger partial charge in [0.1, 0.15) is 11.5 Å². The van der Waals surface area contributed by atoms with Crippen LogP contribution in [0.5, 0.6) is 11.5 Å². The van der Waals surface area contributed by atoms with Gasteiger partial charge in [-0.15, -0.1) is 0 Å². The van der Waals surface area contributed by atoms with E-state index >= 15 is 0 Å². The van der Waals surface area contributed by atoms with Crippen LogP contribution in [0.25, 0.3) is 44.2 Å². The van der Waals surface area contributed by atoms with E-state index in [-0.39, 0.29) is 0 Å². The molecule has 0 N–H and O–H groups in total. The van der Waals surface area contributed by atoms with Crippen LogP contribution >= 0.6 is 0 Å². The van der Waals surface area contributed by atoms with Crippen molar-refractivity contribution >= 4 is 10.8 Å². The third-order valence-electron chi connectivity index (χ3n) is 12.6. The van der Waals surface area contributed by atoms with Crippen molar-refractivity contribution in [1.82, 2.24) is 0 Å². The van der Waals surface area contributed by atoms with Gasteiger partial charge in [-0.25, -0.2) is 0 Å². The molecule has 1 aliphatic heterocycles. The Balaban J connectivity index is 1.12. The minimum atomic E-state index is -0.553. The molecule has 0 atom stereocenters. The van der Waals surface area contributed by atoms with E-state index in [9.17, 15) is 0 Å². The van der Waals surface area contributed by atoms with Gasteiger partial charge in [0.2, 0.25) is 0 Å². The average Bonchev–Trinajstić information content (AvgIpc) is 3.72. The molecule has 0 bridgehead atoms. The molecule has 0 aromatic heterocycles. The molecule has 1 nitrogen and oxygen atoms in total. The lowest BCUT2D eigenvalue weighted by Gasteiger charge is -2.40. The maximum absolute atomic E-state index is 6.95. The van der Waals surface area contributed by atoms with Crippen LogP contribution in [0.15, 0.2) is 206 Å². The van der Waals surface area contributed by atoms with E-state index < -0.39 is 10.8 Å². The molecule has 1 heteroatoms. The van der Waals surface area contributed by atoms with Crippen LogP contribution in [0.2, 0.25) is 0 Å². The minimum Gasteiger partial charge on any atom is -0.457 e. The molecule has 9 aromatic carbocycles. The van der Waals surface area contributed by atoms with Crippen LogP contribution in [0.3, 0.4) is 0 Å². The Kier molecular flexibility index (Phi) is 6.25. The summed E-state index contributed by atoms with van der Waals surface area (Å²) in [4.78, 5) is 0. The van der Waals surface area contributed by atoms with Gasteiger partial charge in [-0.1, -0.05) is 176 Å². The molecule has 0 saturated heterocycles. The molecule has 1 spiro atoms. The monoisotopic (exact) mass is 698 g/mol. The Labute approximate surface area is 320 Å². The summed E-state index contributed by atoms with van der Waals surface area (Å²) in [6.45, 7) is 0. The molecule has 55 heavy (non-hydrogen) atoms. The maximum atomic E-state index is 6.95. The summed E-state index contributed by atoms with van der Waals surface area (Å²) in [5.74, 6) is 1.81. The standard InChI is InChI=1S/C54H34O/c1-2-18-39(19-3-1)53(45-25-10-6-21-41(45)42-22-7-11-26-46(42)53)40-20-14-17-35(31-40)38-29-30-51-49(33-38)54(50-32-36-15-4-5-16-37(36)34-52(50)55-51)47-27-12-8-23-43(47)44-24-9-13-28-48(44)54/h1-34H. The molecule has 0 saturated carbocycles. The SMILES string of the molecule is c1ccc(C2(c3cccc(-c4ccc5c(c4)C4(c6cc7ccccc7cc6O5)c5ccccc5-c5ccccc54)c3)c3ccccc3-c3ccccc32)cc1. The second-order valence-electron chi connectivity index (χ2n) is 15.1. The number of benzene rings is 9. The summed E-state index contributed by atoms with van der Waals surface area (Å²) < 4.78 is 6.95. The first-order chi connectivity index (χ1) is 27.3. The van der Waals surface area contributed by atoms with Crippen molar-refractivity contribution in [2.45, 2.75) is 10.8 Å². The highest BCUT2D eigenvalue weighted by Gasteiger charge is 2.51. The summed E-state index contributed by atoms with van der Waals surface area (Å²) in [5, 5.41) is 2.39. The van der Waals surface area contributed by atoms with Crippen LogP contribution in [0.1, 0.15) is 44.5 Å².